The maximum Gasteiger partial charge on any atom is 0.240 e. The average molecular weight is 243 g/mol. The third-order valence-corrected chi connectivity index (χ3v) is 3.55. The zero-order valence-electron chi connectivity index (χ0n) is 11.9. The van der Waals surface area contributed by atoms with Crippen LogP contribution in [0.2, 0.25) is 0 Å². The minimum Gasteiger partial charge on any atom is -0.354 e. The molecular formula is C13H29N3O. The van der Waals surface area contributed by atoms with Crippen LogP contribution in [0.1, 0.15) is 47.0 Å². The molecule has 0 aliphatic carbocycles. The van der Waals surface area contributed by atoms with Crippen LogP contribution >= 0.6 is 0 Å². The number of nitrogens with two attached hydrogens (primary N) is 1. The van der Waals surface area contributed by atoms with Crippen LogP contribution in [0.4, 0.5) is 0 Å². The van der Waals surface area contributed by atoms with Crippen molar-refractivity contribution in [2.24, 2.45) is 5.73 Å². The third-order valence-electron chi connectivity index (χ3n) is 3.55. The van der Waals surface area contributed by atoms with E-state index in [0.29, 0.717) is 19.4 Å². The van der Waals surface area contributed by atoms with Gasteiger partial charge in [0, 0.05) is 6.54 Å². The first-order chi connectivity index (χ1) is 8.03. The Hall–Kier alpha value is -0.610. The van der Waals surface area contributed by atoms with Gasteiger partial charge in [-0.05, 0) is 38.9 Å². The molecule has 0 saturated carbocycles. The summed E-state index contributed by atoms with van der Waals surface area (Å²) in [6, 6.07) is 0. The molecule has 0 radical (unpaired) electrons. The lowest BCUT2D eigenvalue weighted by Gasteiger charge is -2.25. The molecule has 3 N–H and O–H groups in total. The minimum atomic E-state index is -0.685. The summed E-state index contributed by atoms with van der Waals surface area (Å²) < 4.78 is 0. The molecule has 0 fully saturated rings. The van der Waals surface area contributed by atoms with Gasteiger partial charge in [-0.1, -0.05) is 27.7 Å². The van der Waals surface area contributed by atoms with E-state index in [9.17, 15) is 4.79 Å². The zero-order chi connectivity index (χ0) is 13.3. The van der Waals surface area contributed by atoms with Crippen LogP contribution in [0.3, 0.4) is 0 Å². The summed E-state index contributed by atoms with van der Waals surface area (Å²) in [5.41, 5.74) is 5.33. The molecule has 0 heterocycles. The fourth-order valence-electron chi connectivity index (χ4n) is 1.79. The van der Waals surface area contributed by atoms with Crippen LogP contribution in [-0.2, 0) is 4.79 Å². The molecule has 0 bridgehead atoms. The molecule has 0 spiro atoms. The lowest BCUT2D eigenvalue weighted by Crippen LogP contribution is -2.53. The highest BCUT2D eigenvalue weighted by Crippen LogP contribution is 2.10. The lowest BCUT2D eigenvalue weighted by molar-refractivity contribution is -0.126. The van der Waals surface area contributed by atoms with Gasteiger partial charge >= 0.3 is 0 Å². The molecule has 17 heavy (non-hydrogen) atoms. The van der Waals surface area contributed by atoms with Gasteiger partial charge in [0.1, 0.15) is 0 Å². The van der Waals surface area contributed by atoms with Crippen molar-refractivity contribution in [1.82, 2.24) is 10.2 Å². The van der Waals surface area contributed by atoms with Crippen LogP contribution in [0, 0.1) is 0 Å². The number of carbonyl (C=O) groups is 1. The van der Waals surface area contributed by atoms with Crippen molar-refractivity contribution in [3.05, 3.63) is 0 Å². The predicted molar refractivity (Wildman–Crippen MR) is 72.9 cm³/mol. The van der Waals surface area contributed by atoms with Gasteiger partial charge in [-0.2, -0.15) is 0 Å². The molecule has 0 atom stereocenters. The highest BCUT2D eigenvalue weighted by molar-refractivity contribution is 5.85. The van der Waals surface area contributed by atoms with E-state index < -0.39 is 5.54 Å². The van der Waals surface area contributed by atoms with E-state index in [2.05, 4.69) is 24.1 Å². The van der Waals surface area contributed by atoms with Crippen LogP contribution in [-0.4, -0.2) is 42.5 Å². The van der Waals surface area contributed by atoms with Crippen molar-refractivity contribution >= 4 is 5.91 Å². The number of rotatable bonds is 9. The Kier molecular flexibility index (Phi) is 8.17. The van der Waals surface area contributed by atoms with Crippen LogP contribution in [0.25, 0.3) is 0 Å². The van der Waals surface area contributed by atoms with Gasteiger partial charge in [0.2, 0.25) is 5.91 Å². The molecule has 0 saturated heterocycles. The number of hydrogen-bond acceptors (Lipinski definition) is 3. The maximum absolute atomic E-state index is 11.9. The number of nitrogens with one attached hydrogen (secondary N) is 1. The van der Waals surface area contributed by atoms with Gasteiger partial charge in [0.05, 0.1) is 5.54 Å². The van der Waals surface area contributed by atoms with Crippen molar-refractivity contribution in [3.63, 3.8) is 0 Å². The molecule has 0 aromatic carbocycles. The molecule has 0 aliphatic rings. The standard InChI is InChI=1S/C13H29N3O/c1-5-13(14,6-2)12(17)15-10-9-11-16(7-3)8-4/h5-11,14H2,1-4H3,(H,15,17). The van der Waals surface area contributed by atoms with Crippen molar-refractivity contribution in [3.8, 4) is 0 Å². The molecule has 4 heteroatoms. The first-order valence-corrected chi connectivity index (χ1v) is 6.83. The van der Waals surface area contributed by atoms with Crippen molar-refractivity contribution in [2.75, 3.05) is 26.2 Å². The second-order valence-electron chi connectivity index (χ2n) is 4.50. The predicted octanol–water partition coefficient (Wildman–Crippen LogP) is 1.35. The van der Waals surface area contributed by atoms with E-state index >= 15 is 0 Å². The fraction of sp³-hybridized carbons (Fsp3) is 0.923. The van der Waals surface area contributed by atoms with Gasteiger partial charge in [0.25, 0.3) is 0 Å². The Morgan fingerprint density at radius 2 is 1.71 bits per heavy atom. The van der Waals surface area contributed by atoms with Gasteiger partial charge in [-0.15, -0.1) is 0 Å². The molecule has 4 nitrogen and oxygen atoms in total. The summed E-state index contributed by atoms with van der Waals surface area (Å²) in [6.45, 7) is 12.1. The summed E-state index contributed by atoms with van der Waals surface area (Å²) >= 11 is 0. The fourth-order valence-corrected chi connectivity index (χ4v) is 1.79. The third kappa shape index (κ3) is 5.50. The summed E-state index contributed by atoms with van der Waals surface area (Å²) in [5, 5.41) is 2.94. The monoisotopic (exact) mass is 243 g/mol. The average Bonchev–Trinajstić information content (AvgIpc) is 2.37. The largest absolute Gasteiger partial charge is 0.354 e. The summed E-state index contributed by atoms with van der Waals surface area (Å²) in [7, 11) is 0. The van der Waals surface area contributed by atoms with E-state index in [4.69, 9.17) is 5.73 Å². The molecule has 102 valence electrons. The molecule has 0 aliphatic heterocycles. The zero-order valence-corrected chi connectivity index (χ0v) is 11.9. The van der Waals surface area contributed by atoms with Crippen molar-refractivity contribution < 1.29 is 4.79 Å². The molecule has 0 rings (SSSR count). The van der Waals surface area contributed by atoms with Crippen molar-refractivity contribution in [2.45, 2.75) is 52.5 Å². The van der Waals surface area contributed by atoms with E-state index in [1.165, 1.54) is 0 Å². The van der Waals surface area contributed by atoms with E-state index in [0.717, 1.165) is 26.1 Å². The highest BCUT2D eigenvalue weighted by atomic mass is 16.2. The van der Waals surface area contributed by atoms with E-state index in [1.54, 1.807) is 0 Å². The summed E-state index contributed by atoms with van der Waals surface area (Å²) in [6.07, 6.45) is 2.35. The Morgan fingerprint density at radius 1 is 1.18 bits per heavy atom. The molecule has 1 amide bonds. The second-order valence-corrected chi connectivity index (χ2v) is 4.50. The molecule has 0 aromatic heterocycles. The van der Waals surface area contributed by atoms with Crippen LogP contribution in [0.15, 0.2) is 0 Å². The highest BCUT2D eigenvalue weighted by Gasteiger charge is 2.29. The first kappa shape index (κ1) is 16.4. The molecule has 0 aromatic rings. The van der Waals surface area contributed by atoms with Crippen LogP contribution < -0.4 is 11.1 Å². The van der Waals surface area contributed by atoms with Gasteiger partial charge in [-0.25, -0.2) is 0 Å². The Morgan fingerprint density at radius 3 is 2.12 bits per heavy atom. The second kappa shape index (κ2) is 8.48. The number of hydrogen-bond donors (Lipinski definition) is 2. The minimum absolute atomic E-state index is 0.0120. The normalized spacial score (nSPS) is 11.9. The van der Waals surface area contributed by atoms with E-state index in [1.807, 2.05) is 13.8 Å². The maximum atomic E-state index is 11.9. The van der Waals surface area contributed by atoms with E-state index in [-0.39, 0.29) is 5.91 Å². The number of carbonyl (C=O) groups excluding carboxylic acids is 1. The SMILES string of the molecule is CCN(CC)CCCNC(=O)C(N)(CC)CC. The van der Waals surface area contributed by atoms with Gasteiger partial charge < -0.3 is 16.0 Å². The molecule has 0 unspecified atom stereocenters. The van der Waals surface area contributed by atoms with Crippen molar-refractivity contribution in [1.29, 1.82) is 0 Å². The number of nitrogens with zero attached hydrogens (tertiary/aromatic N) is 1. The topological polar surface area (TPSA) is 58.4 Å². The Bertz CT molecular complexity index is 211. The Balaban J connectivity index is 3.85. The smallest absolute Gasteiger partial charge is 0.240 e. The molecular weight excluding hydrogens is 214 g/mol. The van der Waals surface area contributed by atoms with Crippen LogP contribution in [0.5, 0.6) is 0 Å². The lowest BCUT2D eigenvalue weighted by atomic mass is 9.93. The quantitative estimate of drug-likeness (QED) is 0.601. The summed E-state index contributed by atoms with van der Waals surface area (Å²) in [5.74, 6) is -0.0120. The first-order valence-electron chi connectivity index (χ1n) is 6.83. The summed E-state index contributed by atoms with van der Waals surface area (Å²) in [4.78, 5) is 14.2. The van der Waals surface area contributed by atoms with Gasteiger partial charge in [0.15, 0.2) is 0 Å². The number of amides is 1. The van der Waals surface area contributed by atoms with Gasteiger partial charge in [-0.3, -0.25) is 4.79 Å². The Labute approximate surface area is 106 Å².